The molecule has 2 aromatic rings. The van der Waals surface area contributed by atoms with Gasteiger partial charge in [0.1, 0.15) is 0 Å². The molecule has 7 nitrogen and oxygen atoms in total. The summed E-state index contributed by atoms with van der Waals surface area (Å²) in [6.45, 7) is 4.20. The maximum atomic E-state index is 12.7. The molecule has 3 amide bonds. The summed E-state index contributed by atoms with van der Waals surface area (Å²) in [4.78, 5) is 40.4. The van der Waals surface area contributed by atoms with Gasteiger partial charge in [-0.15, -0.1) is 0 Å². The van der Waals surface area contributed by atoms with E-state index in [1.54, 1.807) is 4.90 Å². The van der Waals surface area contributed by atoms with E-state index in [1.807, 2.05) is 53.4 Å². The molecular weight excluding hydrogens is 380 g/mol. The number of piperazine rings is 1. The average Bonchev–Trinajstić information content (AvgIpc) is 3.16. The lowest BCUT2D eigenvalue weighted by Gasteiger charge is -2.28. The monoisotopic (exact) mass is 406 g/mol. The van der Waals surface area contributed by atoms with Crippen LogP contribution in [-0.2, 0) is 20.8 Å². The third-order valence-corrected chi connectivity index (χ3v) is 5.69. The molecule has 4 rings (SSSR count). The molecule has 0 saturated carbocycles. The lowest BCUT2D eigenvalue weighted by molar-refractivity contribution is -0.122. The van der Waals surface area contributed by atoms with E-state index < -0.39 is 0 Å². The Bertz CT molecular complexity index is 940. The summed E-state index contributed by atoms with van der Waals surface area (Å²) in [5.74, 6) is -0.550. The minimum Gasteiger partial charge on any atom is -0.360 e. The summed E-state index contributed by atoms with van der Waals surface area (Å²) in [5, 5.41) is 5.72. The Balaban J connectivity index is 1.36. The number of rotatable bonds is 5. The van der Waals surface area contributed by atoms with Crippen LogP contribution in [0.15, 0.2) is 48.5 Å². The quantitative estimate of drug-likeness (QED) is 0.798. The molecule has 2 heterocycles. The first-order valence-electron chi connectivity index (χ1n) is 10.4. The van der Waals surface area contributed by atoms with Crippen LogP contribution in [0, 0.1) is 5.92 Å². The van der Waals surface area contributed by atoms with Crippen molar-refractivity contribution in [3.05, 3.63) is 54.1 Å². The first-order chi connectivity index (χ1) is 14.5. The molecule has 0 spiro atoms. The van der Waals surface area contributed by atoms with Crippen LogP contribution in [0.4, 0.5) is 17.1 Å². The predicted octanol–water partition coefficient (Wildman–Crippen LogP) is 2.18. The number of nitrogens with one attached hydrogen (secondary N) is 2. The molecule has 0 aliphatic carbocycles. The molecule has 2 N–H and O–H groups in total. The molecule has 2 aliphatic heterocycles. The third-order valence-electron chi connectivity index (χ3n) is 5.69. The number of carbonyl (C=O) groups excluding carboxylic acids is 3. The van der Waals surface area contributed by atoms with Gasteiger partial charge >= 0.3 is 0 Å². The van der Waals surface area contributed by atoms with Crippen molar-refractivity contribution >= 4 is 34.8 Å². The molecule has 0 bridgehead atoms. The summed E-state index contributed by atoms with van der Waals surface area (Å²) in [6, 6.07) is 15.4. The topological polar surface area (TPSA) is 81.8 Å². The zero-order valence-corrected chi connectivity index (χ0v) is 17.1. The van der Waals surface area contributed by atoms with Gasteiger partial charge in [0, 0.05) is 43.1 Å². The van der Waals surface area contributed by atoms with Crippen LogP contribution in [0.1, 0.15) is 18.9 Å². The first kappa shape index (κ1) is 19.9. The summed E-state index contributed by atoms with van der Waals surface area (Å²) >= 11 is 0. The number of carbonyl (C=O) groups is 3. The first-order valence-corrected chi connectivity index (χ1v) is 10.4. The van der Waals surface area contributed by atoms with Crippen LogP contribution in [0.25, 0.3) is 0 Å². The molecule has 2 aromatic carbocycles. The molecule has 2 aliphatic rings. The minimum atomic E-state index is -0.381. The second kappa shape index (κ2) is 8.57. The van der Waals surface area contributed by atoms with E-state index >= 15 is 0 Å². The number of benzene rings is 2. The number of anilines is 3. The number of hydrogen-bond donors (Lipinski definition) is 2. The third kappa shape index (κ3) is 4.30. The maximum Gasteiger partial charge on any atom is 0.239 e. The highest BCUT2D eigenvalue weighted by Crippen LogP contribution is 2.27. The highest BCUT2D eigenvalue weighted by atomic mass is 16.2. The van der Waals surface area contributed by atoms with Crippen LogP contribution in [0.3, 0.4) is 0 Å². The van der Waals surface area contributed by atoms with E-state index in [2.05, 4.69) is 17.6 Å². The molecule has 2 saturated heterocycles. The molecule has 0 aromatic heterocycles. The number of hydrogen-bond acceptors (Lipinski definition) is 4. The largest absolute Gasteiger partial charge is 0.360 e. The molecule has 0 radical (unpaired) electrons. The Hall–Kier alpha value is -3.35. The molecule has 1 atom stereocenters. The fraction of sp³-hybridized carbons (Fsp3) is 0.348. The van der Waals surface area contributed by atoms with Gasteiger partial charge in [-0.05, 0) is 48.4 Å². The van der Waals surface area contributed by atoms with Crippen LogP contribution >= 0.6 is 0 Å². The zero-order valence-electron chi connectivity index (χ0n) is 17.1. The predicted molar refractivity (Wildman–Crippen MR) is 117 cm³/mol. The van der Waals surface area contributed by atoms with E-state index in [0.717, 1.165) is 24.3 Å². The Morgan fingerprint density at radius 1 is 1.07 bits per heavy atom. The fourth-order valence-corrected chi connectivity index (χ4v) is 3.90. The number of aryl methyl sites for hydroxylation is 1. The molecule has 30 heavy (non-hydrogen) atoms. The lowest BCUT2D eigenvalue weighted by atomic mass is 10.1. The SMILES string of the molecule is CCc1ccc(N2CC(C(=O)Nc3ccc(N4CCNC(=O)C4)cc3)CC2=O)cc1. The fourth-order valence-electron chi connectivity index (χ4n) is 3.90. The van der Waals surface area contributed by atoms with Crippen LogP contribution < -0.4 is 20.4 Å². The summed E-state index contributed by atoms with van der Waals surface area (Å²) < 4.78 is 0. The van der Waals surface area contributed by atoms with Crippen molar-refractivity contribution in [3.8, 4) is 0 Å². The van der Waals surface area contributed by atoms with E-state index in [-0.39, 0.29) is 30.1 Å². The summed E-state index contributed by atoms with van der Waals surface area (Å²) in [5.41, 5.74) is 3.68. The van der Waals surface area contributed by atoms with Crippen molar-refractivity contribution < 1.29 is 14.4 Å². The van der Waals surface area contributed by atoms with Crippen LogP contribution in [0.5, 0.6) is 0 Å². The van der Waals surface area contributed by atoms with Gasteiger partial charge in [-0.3, -0.25) is 14.4 Å². The zero-order chi connectivity index (χ0) is 21.1. The highest BCUT2D eigenvalue weighted by Gasteiger charge is 2.35. The van der Waals surface area contributed by atoms with Gasteiger partial charge in [0.05, 0.1) is 12.5 Å². The van der Waals surface area contributed by atoms with Gasteiger partial charge in [0.25, 0.3) is 0 Å². The normalized spacial score (nSPS) is 19.0. The number of nitrogens with zero attached hydrogens (tertiary/aromatic N) is 2. The van der Waals surface area contributed by atoms with Crippen molar-refractivity contribution in [2.45, 2.75) is 19.8 Å². The second-order valence-corrected chi connectivity index (χ2v) is 7.73. The van der Waals surface area contributed by atoms with Gasteiger partial charge in [-0.1, -0.05) is 19.1 Å². The van der Waals surface area contributed by atoms with Gasteiger partial charge in [-0.2, -0.15) is 0 Å². The molecule has 2 fully saturated rings. The van der Waals surface area contributed by atoms with Gasteiger partial charge in [-0.25, -0.2) is 0 Å². The van der Waals surface area contributed by atoms with Gasteiger partial charge in [0.15, 0.2) is 0 Å². The highest BCUT2D eigenvalue weighted by molar-refractivity contribution is 6.03. The van der Waals surface area contributed by atoms with E-state index in [0.29, 0.717) is 25.3 Å². The van der Waals surface area contributed by atoms with Crippen molar-refractivity contribution in [2.75, 3.05) is 41.3 Å². The Morgan fingerprint density at radius 2 is 1.77 bits per heavy atom. The minimum absolute atomic E-state index is 0.0124. The molecule has 156 valence electrons. The standard InChI is InChI=1S/C23H26N4O3/c1-2-16-3-7-20(8-4-16)27-14-17(13-22(27)29)23(30)25-18-5-9-19(10-6-18)26-12-11-24-21(28)15-26/h3-10,17H,2,11-15H2,1H3,(H,24,28)(H,25,30). The van der Waals surface area contributed by atoms with Crippen LogP contribution in [0.2, 0.25) is 0 Å². The van der Waals surface area contributed by atoms with E-state index in [9.17, 15) is 14.4 Å². The Labute approximate surface area is 176 Å². The van der Waals surface area contributed by atoms with E-state index in [1.165, 1.54) is 5.56 Å². The van der Waals surface area contributed by atoms with Crippen molar-refractivity contribution in [2.24, 2.45) is 5.92 Å². The van der Waals surface area contributed by atoms with Crippen molar-refractivity contribution in [3.63, 3.8) is 0 Å². The average molecular weight is 406 g/mol. The molecular formula is C23H26N4O3. The van der Waals surface area contributed by atoms with Gasteiger partial charge in [0.2, 0.25) is 17.7 Å². The van der Waals surface area contributed by atoms with E-state index in [4.69, 9.17) is 0 Å². The summed E-state index contributed by atoms with van der Waals surface area (Å²) in [7, 11) is 0. The maximum absolute atomic E-state index is 12.7. The lowest BCUT2D eigenvalue weighted by Crippen LogP contribution is -2.47. The van der Waals surface area contributed by atoms with Gasteiger partial charge < -0.3 is 20.4 Å². The van der Waals surface area contributed by atoms with Crippen molar-refractivity contribution in [1.29, 1.82) is 0 Å². The molecule has 7 heteroatoms. The Kier molecular flexibility index (Phi) is 5.70. The number of amides is 3. The smallest absolute Gasteiger partial charge is 0.239 e. The Morgan fingerprint density at radius 3 is 2.43 bits per heavy atom. The van der Waals surface area contributed by atoms with Crippen molar-refractivity contribution in [1.82, 2.24) is 5.32 Å². The van der Waals surface area contributed by atoms with Crippen LogP contribution in [-0.4, -0.2) is 43.9 Å². The second-order valence-electron chi connectivity index (χ2n) is 7.73. The molecule has 1 unspecified atom stereocenters. The summed E-state index contributed by atoms with van der Waals surface area (Å²) in [6.07, 6.45) is 1.16.